The molecule has 0 N–H and O–H groups in total. The summed E-state index contributed by atoms with van der Waals surface area (Å²) in [6, 6.07) is 37.3. The van der Waals surface area contributed by atoms with Gasteiger partial charge < -0.3 is 8.54 Å². The van der Waals surface area contributed by atoms with Crippen molar-refractivity contribution in [3.05, 3.63) is 102 Å². The molecule has 0 spiro atoms. The van der Waals surface area contributed by atoms with Gasteiger partial charge in [-0.3, -0.25) is 0 Å². The summed E-state index contributed by atoms with van der Waals surface area (Å²) < 4.78 is 13.3. The molecule has 0 aromatic heterocycles. The van der Waals surface area contributed by atoms with E-state index < -0.39 is 25.0 Å². The molecule has 0 amide bonds. The lowest BCUT2D eigenvalue weighted by atomic mass is 10.3. The summed E-state index contributed by atoms with van der Waals surface area (Å²) in [5.74, 6) is 0. The van der Waals surface area contributed by atoms with Gasteiger partial charge >= 0.3 is 8.56 Å². The SMILES string of the molecule is CC[Si](C=C[Si](c1ccccc1)(c1ccccc1)c1ccccc1)(CC)O[Si](CC)(CC)OC. The standard InChI is InChI=1S/C29H40O2Si3/c1-6-32(7-2,31-33(8-3,9-4)30-5)25-26-34(27-19-13-10-14-20-27,28-21-15-11-16-22-28)29-23-17-12-18-24-29/h10-26H,6-9H2,1-5H3. The first kappa shape index (κ1) is 26.6. The van der Waals surface area contributed by atoms with Gasteiger partial charge in [0.15, 0.2) is 8.07 Å². The average molecular weight is 505 g/mol. The molecule has 0 unspecified atom stereocenters. The smallest absolute Gasteiger partial charge is 0.327 e. The summed E-state index contributed by atoms with van der Waals surface area (Å²) >= 11 is 0. The quantitative estimate of drug-likeness (QED) is 0.225. The van der Waals surface area contributed by atoms with Crippen LogP contribution in [-0.2, 0) is 8.54 Å². The van der Waals surface area contributed by atoms with Gasteiger partial charge in [0.25, 0.3) is 0 Å². The summed E-state index contributed by atoms with van der Waals surface area (Å²) in [5, 5.41) is 4.21. The maximum atomic E-state index is 7.17. The van der Waals surface area contributed by atoms with E-state index in [0.717, 1.165) is 24.2 Å². The summed E-state index contributed by atoms with van der Waals surface area (Å²) in [6.45, 7) is 9.06. The molecule has 3 aromatic carbocycles. The van der Waals surface area contributed by atoms with Crippen LogP contribution < -0.4 is 15.6 Å². The first-order valence-corrected chi connectivity index (χ1v) is 19.4. The Bertz CT molecular complexity index is 910. The number of hydrogen-bond donors (Lipinski definition) is 0. The molecule has 0 bridgehead atoms. The maximum Gasteiger partial charge on any atom is 0.327 e. The van der Waals surface area contributed by atoms with Crippen LogP contribution in [-0.4, -0.2) is 32.1 Å². The van der Waals surface area contributed by atoms with E-state index in [-0.39, 0.29) is 0 Å². The molecule has 3 rings (SSSR count). The van der Waals surface area contributed by atoms with E-state index in [1.807, 2.05) is 7.11 Å². The van der Waals surface area contributed by atoms with Gasteiger partial charge in [0, 0.05) is 7.11 Å². The number of rotatable bonds is 12. The third kappa shape index (κ3) is 5.44. The molecule has 0 heterocycles. The third-order valence-corrected chi connectivity index (χ3v) is 21.3. The van der Waals surface area contributed by atoms with E-state index in [2.05, 4.69) is 130 Å². The Balaban J connectivity index is 2.26. The number of benzene rings is 3. The zero-order chi connectivity index (χ0) is 24.5. The predicted octanol–water partition coefficient (Wildman–Crippen LogP) is 5.92. The Morgan fingerprint density at radius 3 is 1.24 bits per heavy atom. The molecule has 0 atom stereocenters. The normalized spacial score (nSPS) is 12.9. The van der Waals surface area contributed by atoms with Crippen molar-refractivity contribution in [1.29, 1.82) is 0 Å². The molecule has 0 aliphatic heterocycles. The average Bonchev–Trinajstić information content (AvgIpc) is 2.93. The molecule has 0 saturated carbocycles. The van der Waals surface area contributed by atoms with Gasteiger partial charge in [-0.2, -0.15) is 0 Å². The number of hydrogen-bond acceptors (Lipinski definition) is 2. The van der Waals surface area contributed by atoms with Gasteiger partial charge in [-0.25, -0.2) is 0 Å². The third-order valence-electron chi connectivity index (χ3n) is 7.36. The monoisotopic (exact) mass is 504 g/mol. The van der Waals surface area contributed by atoms with Gasteiger partial charge in [0.05, 0.1) is 0 Å². The second kappa shape index (κ2) is 12.1. The van der Waals surface area contributed by atoms with Crippen molar-refractivity contribution in [2.45, 2.75) is 51.9 Å². The van der Waals surface area contributed by atoms with Crippen molar-refractivity contribution < 1.29 is 8.54 Å². The Morgan fingerprint density at radius 2 is 0.941 bits per heavy atom. The molecular formula is C29H40O2Si3. The molecule has 2 nitrogen and oxygen atoms in total. The second-order valence-electron chi connectivity index (χ2n) is 8.94. The molecule has 0 radical (unpaired) electrons. The van der Waals surface area contributed by atoms with Crippen LogP contribution in [0.15, 0.2) is 102 Å². The Labute approximate surface area is 210 Å². The largest absolute Gasteiger partial charge is 0.432 e. The molecule has 0 aliphatic rings. The van der Waals surface area contributed by atoms with E-state index >= 15 is 0 Å². The van der Waals surface area contributed by atoms with Gasteiger partial charge in [0.2, 0.25) is 8.32 Å². The van der Waals surface area contributed by atoms with Crippen LogP contribution in [0.25, 0.3) is 0 Å². The molecule has 3 aromatic rings. The maximum absolute atomic E-state index is 7.17. The van der Waals surface area contributed by atoms with E-state index in [1.165, 1.54) is 15.6 Å². The fourth-order valence-corrected chi connectivity index (χ4v) is 18.8. The molecular weight excluding hydrogens is 465 g/mol. The van der Waals surface area contributed by atoms with E-state index in [9.17, 15) is 0 Å². The highest BCUT2D eigenvalue weighted by Crippen LogP contribution is 2.29. The highest BCUT2D eigenvalue weighted by molar-refractivity contribution is 7.15. The van der Waals surface area contributed by atoms with Crippen LogP contribution in [0, 0.1) is 0 Å². The highest BCUT2D eigenvalue weighted by Gasteiger charge is 2.43. The molecule has 180 valence electrons. The van der Waals surface area contributed by atoms with E-state index in [1.54, 1.807) is 0 Å². The fourth-order valence-electron chi connectivity index (χ4n) is 4.93. The lowest BCUT2D eigenvalue weighted by molar-refractivity contribution is 0.295. The van der Waals surface area contributed by atoms with Crippen LogP contribution in [0.1, 0.15) is 27.7 Å². The van der Waals surface area contributed by atoms with Crippen LogP contribution in [0.2, 0.25) is 24.2 Å². The molecule has 0 aliphatic carbocycles. The summed E-state index contributed by atoms with van der Waals surface area (Å²) in [7, 11) is -4.93. The van der Waals surface area contributed by atoms with E-state index in [0.29, 0.717) is 0 Å². The zero-order valence-electron chi connectivity index (χ0n) is 21.5. The Morgan fingerprint density at radius 1 is 0.559 bits per heavy atom. The van der Waals surface area contributed by atoms with Crippen LogP contribution in [0.4, 0.5) is 0 Å². The minimum Gasteiger partial charge on any atom is -0.432 e. The minimum atomic E-state index is -2.42. The first-order valence-electron chi connectivity index (χ1n) is 12.7. The van der Waals surface area contributed by atoms with Gasteiger partial charge in [-0.15, -0.1) is 0 Å². The van der Waals surface area contributed by atoms with Crippen molar-refractivity contribution in [2.24, 2.45) is 0 Å². The summed E-state index contributed by atoms with van der Waals surface area (Å²) in [5.41, 5.74) is 5.13. The van der Waals surface area contributed by atoms with Crippen LogP contribution in [0.5, 0.6) is 0 Å². The predicted molar refractivity (Wildman–Crippen MR) is 155 cm³/mol. The van der Waals surface area contributed by atoms with Gasteiger partial charge in [-0.1, -0.05) is 130 Å². The molecule has 5 heteroatoms. The van der Waals surface area contributed by atoms with Gasteiger partial charge in [0.1, 0.15) is 0 Å². The Kier molecular flexibility index (Phi) is 9.45. The van der Waals surface area contributed by atoms with Crippen molar-refractivity contribution in [3.63, 3.8) is 0 Å². The lowest BCUT2D eigenvalue weighted by Crippen LogP contribution is -2.66. The minimum absolute atomic E-state index is 0.987. The van der Waals surface area contributed by atoms with Crippen molar-refractivity contribution in [3.8, 4) is 0 Å². The van der Waals surface area contributed by atoms with E-state index in [4.69, 9.17) is 8.54 Å². The first-order chi connectivity index (χ1) is 16.5. The topological polar surface area (TPSA) is 18.5 Å². The van der Waals surface area contributed by atoms with Gasteiger partial charge in [-0.05, 0) is 39.7 Å². The van der Waals surface area contributed by atoms with Crippen LogP contribution >= 0.6 is 0 Å². The molecule has 0 saturated heterocycles. The molecule has 0 fully saturated rings. The van der Waals surface area contributed by atoms with Crippen molar-refractivity contribution >= 4 is 40.5 Å². The fraction of sp³-hybridized carbons (Fsp3) is 0.310. The van der Waals surface area contributed by atoms with Crippen LogP contribution in [0.3, 0.4) is 0 Å². The molecule has 34 heavy (non-hydrogen) atoms. The second-order valence-corrected chi connectivity index (χ2v) is 21.0. The summed E-state index contributed by atoms with van der Waals surface area (Å²) in [6.07, 6.45) is 0. The Hall–Kier alpha value is -2.03. The zero-order valence-corrected chi connectivity index (χ0v) is 24.5. The highest BCUT2D eigenvalue weighted by atomic mass is 28.4. The van der Waals surface area contributed by atoms with Crippen molar-refractivity contribution in [1.82, 2.24) is 0 Å². The van der Waals surface area contributed by atoms with Crippen molar-refractivity contribution in [2.75, 3.05) is 7.11 Å². The summed E-state index contributed by atoms with van der Waals surface area (Å²) in [4.78, 5) is 0. The lowest BCUT2D eigenvalue weighted by Gasteiger charge is -2.39.